The molecule has 0 aromatic carbocycles. The minimum Gasteiger partial charge on any atom is -0.371 e. The summed E-state index contributed by atoms with van der Waals surface area (Å²) in [6.07, 6.45) is 4.04. The van der Waals surface area contributed by atoms with Crippen LogP contribution in [0, 0.1) is 10.1 Å². The number of nitro groups is 1. The first-order valence-electron chi connectivity index (χ1n) is 5.84. The topological polar surface area (TPSA) is 68.5 Å². The highest BCUT2D eigenvalue weighted by Crippen LogP contribution is 2.34. The molecule has 1 aromatic rings. The predicted molar refractivity (Wildman–Crippen MR) is 68.7 cm³/mol. The van der Waals surface area contributed by atoms with Crippen molar-refractivity contribution in [2.45, 2.75) is 25.0 Å². The van der Waals surface area contributed by atoms with E-state index in [1.54, 1.807) is 6.20 Å². The minimum atomic E-state index is -0.384. The van der Waals surface area contributed by atoms with Crippen molar-refractivity contribution < 1.29 is 9.66 Å². The fourth-order valence-electron chi connectivity index (χ4n) is 2.59. The van der Waals surface area contributed by atoms with Crippen molar-refractivity contribution in [3.63, 3.8) is 0 Å². The number of rotatable bonds is 2. The van der Waals surface area contributed by atoms with E-state index in [1.807, 2.05) is 4.90 Å². The summed E-state index contributed by atoms with van der Waals surface area (Å²) in [7, 11) is 0. The Labute approximate surface area is 112 Å². The molecule has 3 heterocycles. The van der Waals surface area contributed by atoms with Crippen LogP contribution in [0.25, 0.3) is 0 Å². The quantitative estimate of drug-likeness (QED) is 0.618. The van der Waals surface area contributed by atoms with E-state index in [2.05, 4.69) is 20.9 Å². The van der Waals surface area contributed by atoms with E-state index in [0.29, 0.717) is 23.4 Å². The second-order valence-electron chi connectivity index (χ2n) is 4.62. The number of anilines is 1. The SMILES string of the molecule is O=[N+]([O-])c1cc(Br)cnc1N1CC2CCC(C1)O2. The summed E-state index contributed by atoms with van der Waals surface area (Å²) < 4.78 is 6.34. The largest absolute Gasteiger partial charge is 0.371 e. The van der Waals surface area contributed by atoms with Crippen LogP contribution < -0.4 is 4.90 Å². The summed E-state index contributed by atoms with van der Waals surface area (Å²) in [5.41, 5.74) is 0.0469. The second-order valence-corrected chi connectivity index (χ2v) is 5.53. The van der Waals surface area contributed by atoms with Crippen LogP contribution >= 0.6 is 15.9 Å². The van der Waals surface area contributed by atoms with Crippen molar-refractivity contribution in [2.24, 2.45) is 0 Å². The summed E-state index contributed by atoms with van der Waals surface area (Å²) in [4.78, 5) is 16.9. The highest BCUT2D eigenvalue weighted by molar-refractivity contribution is 9.10. The maximum atomic E-state index is 11.1. The Morgan fingerprint density at radius 2 is 2.11 bits per heavy atom. The second kappa shape index (κ2) is 4.47. The number of hydrogen-bond acceptors (Lipinski definition) is 5. The lowest BCUT2D eigenvalue weighted by molar-refractivity contribution is -0.384. The third-order valence-corrected chi connectivity index (χ3v) is 3.79. The van der Waals surface area contributed by atoms with Gasteiger partial charge in [0.05, 0.1) is 17.1 Å². The van der Waals surface area contributed by atoms with Gasteiger partial charge in [0.2, 0.25) is 5.82 Å². The molecule has 0 spiro atoms. The first-order chi connectivity index (χ1) is 8.63. The van der Waals surface area contributed by atoms with Gasteiger partial charge in [0, 0.05) is 29.8 Å². The van der Waals surface area contributed by atoms with Crippen molar-refractivity contribution in [2.75, 3.05) is 18.0 Å². The summed E-state index contributed by atoms with van der Waals surface area (Å²) in [6.45, 7) is 1.37. The first kappa shape index (κ1) is 11.9. The first-order valence-corrected chi connectivity index (χ1v) is 6.63. The fraction of sp³-hybridized carbons (Fsp3) is 0.545. The lowest BCUT2D eigenvalue weighted by atomic mass is 10.2. The summed E-state index contributed by atoms with van der Waals surface area (Å²) in [6, 6.07) is 1.50. The molecule has 7 heteroatoms. The molecule has 2 fully saturated rings. The Morgan fingerprint density at radius 1 is 1.44 bits per heavy atom. The van der Waals surface area contributed by atoms with Crippen LogP contribution in [0.3, 0.4) is 0 Å². The van der Waals surface area contributed by atoms with Crippen molar-refractivity contribution in [1.82, 2.24) is 4.98 Å². The molecule has 6 nitrogen and oxygen atoms in total. The Morgan fingerprint density at radius 3 is 2.72 bits per heavy atom. The van der Waals surface area contributed by atoms with E-state index in [0.717, 1.165) is 12.8 Å². The zero-order valence-corrected chi connectivity index (χ0v) is 11.2. The van der Waals surface area contributed by atoms with Crippen LogP contribution in [0.4, 0.5) is 11.5 Å². The maximum Gasteiger partial charge on any atom is 0.312 e. The zero-order valence-electron chi connectivity index (χ0n) is 9.58. The number of ether oxygens (including phenoxy) is 1. The molecule has 0 amide bonds. The number of hydrogen-bond donors (Lipinski definition) is 0. The third kappa shape index (κ3) is 2.08. The number of nitrogens with zero attached hydrogens (tertiary/aromatic N) is 3. The molecule has 1 aromatic heterocycles. The van der Waals surface area contributed by atoms with Gasteiger partial charge >= 0.3 is 5.69 Å². The third-order valence-electron chi connectivity index (χ3n) is 3.35. The van der Waals surface area contributed by atoms with E-state index in [4.69, 9.17) is 4.74 Å². The van der Waals surface area contributed by atoms with Gasteiger partial charge in [-0.1, -0.05) is 0 Å². The zero-order chi connectivity index (χ0) is 12.7. The van der Waals surface area contributed by atoms with Gasteiger partial charge < -0.3 is 9.64 Å². The van der Waals surface area contributed by atoms with Gasteiger partial charge in [-0.15, -0.1) is 0 Å². The van der Waals surface area contributed by atoms with E-state index >= 15 is 0 Å². The number of aromatic nitrogens is 1. The molecule has 2 saturated heterocycles. The molecule has 2 atom stereocenters. The normalized spacial score (nSPS) is 26.4. The van der Waals surface area contributed by atoms with Crippen LogP contribution in [0.1, 0.15) is 12.8 Å². The number of halogens is 1. The standard InChI is InChI=1S/C11H12BrN3O3/c12-7-3-10(15(16)17)11(13-4-7)14-5-8-1-2-9(6-14)18-8/h3-4,8-9H,1-2,5-6H2. The van der Waals surface area contributed by atoms with Crippen LogP contribution in [0.5, 0.6) is 0 Å². The molecule has 0 radical (unpaired) electrons. The number of pyridine rings is 1. The van der Waals surface area contributed by atoms with E-state index in [9.17, 15) is 10.1 Å². The lowest BCUT2D eigenvalue weighted by Gasteiger charge is -2.32. The van der Waals surface area contributed by atoms with E-state index in [-0.39, 0.29) is 22.8 Å². The van der Waals surface area contributed by atoms with Crippen molar-refractivity contribution in [3.8, 4) is 0 Å². The Kier molecular flexibility index (Phi) is 2.95. The molecule has 18 heavy (non-hydrogen) atoms. The van der Waals surface area contributed by atoms with Crippen LogP contribution in [-0.4, -0.2) is 35.2 Å². The van der Waals surface area contributed by atoms with Gasteiger partial charge in [-0.25, -0.2) is 4.98 Å². The smallest absolute Gasteiger partial charge is 0.312 e. The highest BCUT2D eigenvalue weighted by atomic mass is 79.9. The molecule has 0 saturated carbocycles. The lowest BCUT2D eigenvalue weighted by Crippen LogP contribution is -2.43. The molecular weight excluding hydrogens is 302 g/mol. The summed E-state index contributed by atoms with van der Waals surface area (Å²) in [5.74, 6) is 0.448. The average Bonchev–Trinajstić information content (AvgIpc) is 2.68. The molecule has 2 aliphatic rings. The van der Waals surface area contributed by atoms with Gasteiger partial charge in [0.15, 0.2) is 0 Å². The molecular formula is C11H12BrN3O3. The summed E-state index contributed by atoms with van der Waals surface area (Å²) in [5, 5.41) is 11.1. The highest BCUT2D eigenvalue weighted by Gasteiger charge is 2.36. The summed E-state index contributed by atoms with van der Waals surface area (Å²) >= 11 is 3.21. The van der Waals surface area contributed by atoms with Crippen molar-refractivity contribution in [1.29, 1.82) is 0 Å². The fourth-order valence-corrected chi connectivity index (χ4v) is 2.91. The average molecular weight is 314 g/mol. The molecule has 0 N–H and O–H groups in total. The molecule has 0 aliphatic carbocycles. The van der Waals surface area contributed by atoms with Gasteiger partial charge in [-0.3, -0.25) is 10.1 Å². The molecule has 2 unspecified atom stereocenters. The molecule has 96 valence electrons. The van der Waals surface area contributed by atoms with Gasteiger partial charge in [0.25, 0.3) is 0 Å². The Hall–Kier alpha value is -1.21. The van der Waals surface area contributed by atoms with Crippen molar-refractivity contribution in [3.05, 3.63) is 26.9 Å². The number of fused-ring (bicyclic) bond motifs is 2. The molecule has 2 bridgehead atoms. The molecule has 3 rings (SSSR count). The van der Waals surface area contributed by atoms with Gasteiger partial charge in [-0.2, -0.15) is 0 Å². The van der Waals surface area contributed by atoms with Gasteiger partial charge in [-0.05, 0) is 28.8 Å². The molecule has 2 aliphatic heterocycles. The van der Waals surface area contributed by atoms with E-state index in [1.165, 1.54) is 6.07 Å². The van der Waals surface area contributed by atoms with Crippen LogP contribution in [0.15, 0.2) is 16.7 Å². The van der Waals surface area contributed by atoms with Gasteiger partial charge in [0.1, 0.15) is 0 Å². The Bertz CT molecular complexity index is 484. The van der Waals surface area contributed by atoms with Crippen LogP contribution in [0.2, 0.25) is 0 Å². The van der Waals surface area contributed by atoms with E-state index < -0.39 is 0 Å². The Balaban J connectivity index is 1.94. The minimum absolute atomic E-state index is 0.0469. The predicted octanol–water partition coefficient (Wildman–Crippen LogP) is 2.12. The van der Waals surface area contributed by atoms with Crippen molar-refractivity contribution >= 4 is 27.4 Å². The number of morpholine rings is 1. The monoisotopic (exact) mass is 313 g/mol. The van der Waals surface area contributed by atoms with Crippen LogP contribution in [-0.2, 0) is 4.74 Å². The maximum absolute atomic E-state index is 11.1.